The summed E-state index contributed by atoms with van der Waals surface area (Å²) >= 11 is 0. The van der Waals surface area contributed by atoms with E-state index in [2.05, 4.69) is 36.4 Å². The Morgan fingerprint density at radius 2 is 1.36 bits per heavy atom. The molecule has 4 nitrogen and oxygen atoms in total. The molecule has 1 aliphatic rings. The zero-order chi connectivity index (χ0) is 24.7. The van der Waals surface area contributed by atoms with Crippen molar-refractivity contribution in [2.45, 2.75) is 19.1 Å². The zero-order valence-electron chi connectivity index (χ0n) is 20.3. The molecule has 0 bridgehead atoms. The molecule has 1 saturated heterocycles. The minimum atomic E-state index is -0.216. The second kappa shape index (κ2) is 11.0. The lowest BCUT2D eigenvalue weighted by atomic mass is 9.81. The second-order valence-corrected chi connectivity index (χ2v) is 8.84. The van der Waals surface area contributed by atoms with Crippen molar-refractivity contribution in [3.8, 4) is 11.5 Å². The van der Waals surface area contributed by atoms with Crippen molar-refractivity contribution in [1.82, 2.24) is 0 Å². The number of hydrogen-bond donors (Lipinski definition) is 0. The van der Waals surface area contributed by atoms with Crippen LogP contribution < -0.4 is 14.4 Å². The Morgan fingerprint density at radius 1 is 0.750 bits per heavy atom. The van der Waals surface area contributed by atoms with Gasteiger partial charge in [0.2, 0.25) is 5.91 Å². The Bertz CT molecular complexity index is 1300. The molecule has 1 aliphatic heterocycles. The molecule has 2 atom stereocenters. The lowest BCUT2D eigenvalue weighted by molar-refractivity contribution is -0.128. The number of methoxy groups -OCH3 is 1. The van der Waals surface area contributed by atoms with Gasteiger partial charge in [-0.1, -0.05) is 84.9 Å². The first-order valence-electron chi connectivity index (χ1n) is 12.2. The van der Waals surface area contributed by atoms with E-state index in [1.165, 1.54) is 5.56 Å². The van der Waals surface area contributed by atoms with Crippen LogP contribution in [0.25, 0.3) is 0 Å². The van der Waals surface area contributed by atoms with Crippen molar-refractivity contribution in [3.63, 3.8) is 0 Å². The molecule has 5 rings (SSSR count). The van der Waals surface area contributed by atoms with E-state index in [1.54, 1.807) is 7.11 Å². The summed E-state index contributed by atoms with van der Waals surface area (Å²) in [5.41, 5.74) is 4.29. The van der Waals surface area contributed by atoms with Crippen LogP contribution in [-0.2, 0) is 17.8 Å². The van der Waals surface area contributed by atoms with E-state index in [-0.39, 0.29) is 17.9 Å². The molecule has 0 aromatic heterocycles. The number of carbonyl (C=O) groups excluding carboxylic acids is 1. The van der Waals surface area contributed by atoms with Gasteiger partial charge in [-0.15, -0.1) is 0 Å². The highest BCUT2D eigenvalue weighted by Gasteiger charge is 2.47. The molecular weight excluding hydrogens is 446 g/mol. The molecule has 1 heterocycles. The number of amides is 1. The Labute approximate surface area is 212 Å². The topological polar surface area (TPSA) is 38.8 Å². The molecule has 4 aromatic rings. The highest BCUT2D eigenvalue weighted by Crippen LogP contribution is 2.44. The summed E-state index contributed by atoms with van der Waals surface area (Å²) in [5, 5.41) is 0. The fourth-order valence-corrected chi connectivity index (χ4v) is 4.55. The van der Waals surface area contributed by atoms with Gasteiger partial charge >= 0.3 is 0 Å². The lowest BCUT2D eigenvalue weighted by Crippen LogP contribution is -2.54. The summed E-state index contributed by atoms with van der Waals surface area (Å²) in [6.07, 6.45) is 4.96. The molecular formula is C32H29NO3. The predicted octanol–water partition coefficient (Wildman–Crippen LogP) is 6.78. The molecule has 0 spiro atoms. The third-order valence-corrected chi connectivity index (χ3v) is 6.50. The van der Waals surface area contributed by atoms with Crippen LogP contribution in [0.5, 0.6) is 11.5 Å². The third-order valence-electron chi connectivity index (χ3n) is 6.50. The summed E-state index contributed by atoms with van der Waals surface area (Å²) in [7, 11) is 1.64. The van der Waals surface area contributed by atoms with Crippen LogP contribution in [0, 0.1) is 5.92 Å². The van der Waals surface area contributed by atoms with Gasteiger partial charge in [-0.2, -0.15) is 0 Å². The summed E-state index contributed by atoms with van der Waals surface area (Å²) < 4.78 is 11.3. The lowest BCUT2D eigenvalue weighted by Gasteiger charge is -2.46. The molecule has 1 fully saturated rings. The number of allylic oxidation sites excluding steroid dienone is 1. The standard InChI is InChI=1S/C32H29NO3/c1-35-28-21-17-27(18-22-28)33-31(30(32(33)34)14-8-13-24-9-4-2-5-10-24)26-15-19-29(20-16-26)36-23-25-11-6-3-7-12-25/h2-12,14-22,30-31H,13,23H2,1H3/b14-8+. The first-order valence-corrected chi connectivity index (χ1v) is 12.2. The fourth-order valence-electron chi connectivity index (χ4n) is 4.55. The van der Waals surface area contributed by atoms with Gasteiger partial charge in [-0.05, 0) is 59.5 Å². The van der Waals surface area contributed by atoms with Crippen molar-refractivity contribution >= 4 is 11.6 Å². The van der Waals surface area contributed by atoms with Crippen LogP contribution in [0.15, 0.2) is 121 Å². The second-order valence-electron chi connectivity index (χ2n) is 8.84. The minimum Gasteiger partial charge on any atom is -0.497 e. The fraction of sp³-hybridized carbons (Fsp3) is 0.156. The molecule has 4 heteroatoms. The van der Waals surface area contributed by atoms with Crippen LogP contribution in [-0.4, -0.2) is 13.0 Å². The van der Waals surface area contributed by atoms with Gasteiger partial charge in [0.1, 0.15) is 18.1 Å². The average Bonchev–Trinajstić information content (AvgIpc) is 2.94. The van der Waals surface area contributed by atoms with Crippen LogP contribution in [0.4, 0.5) is 5.69 Å². The van der Waals surface area contributed by atoms with E-state index >= 15 is 0 Å². The van der Waals surface area contributed by atoms with E-state index in [9.17, 15) is 4.79 Å². The molecule has 36 heavy (non-hydrogen) atoms. The van der Waals surface area contributed by atoms with E-state index < -0.39 is 0 Å². The summed E-state index contributed by atoms with van der Waals surface area (Å²) in [6, 6.07) is 36.0. The summed E-state index contributed by atoms with van der Waals surface area (Å²) in [6.45, 7) is 0.519. The van der Waals surface area contributed by atoms with Crippen molar-refractivity contribution < 1.29 is 14.3 Å². The normalized spacial score (nSPS) is 17.1. The smallest absolute Gasteiger partial charge is 0.236 e. The van der Waals surface area contributed by atoms with Crippen LogP contribution in [0.2, 0.25) is 0 Å². The van der Waals surface area contributed by atoms with E-state index in [0.29, 0.717) is 6.61 Å². The maximum atomic E-state index is 13.3. The van der Waals surface area contributed by atoms with Crippen LogP contribution in [0.1, 0.15) is 22.7 Å². The van der Waals surface area contributed by atoms with Crippen molar-refractivity contribution in [3.05, 3.63) is 138 Å². The van der Waals surface area contributed by atoms with Gasteiger partial charge in [0, 0.05) is 5.69 Å². The molecule has 0 radical (unpaired) electrons. The summed E-state index contributed by atoms with van der Waals surface area (Å²) in [4.78, 5) is 15.2. The number of anilines is 1. The maximum Gasteiger partial charge on any atom is 0.236 e. The number of rotatable bonds is 9. The van der Waals surface area contributed by atoms with E-state index in [0.717, 1.165) is 34.7 Å². The molecule has 1 amide bonds. The largest absolute Gasteiger partial charge is 0.497 e. The SMILES string of the molecule is COc1ccc(N2C(=O)C(/C=C/Cc3ccccc3)C2c2ccc(OCc3ccccc3)cc2)cc1. The monoisotopic (exact) mass is 475 g/mol. The molecule has 0 N–H and O–H groups in total. The van der Waals surface area contributed by atoms with E-state index in [4.69, 9.17) is 9.47 Å². The maximum absolute atomic E-state index is 13.3. The number of nitrogens with zero attached hydrogens (tertiary/aromatic N) is 1. The molecule has 180 valence electrons. The number of hydrogen-bond acceptors (Lipinski definition) is 3. The number of β-lactam (4-membered cyclic amide) rings is 1. The Hall–Kier alpha value is -4.31. The van der Waals surface area contributed by atoms with Gasteiger partial charge in [0.15, 0.2) is 0 Å². The van der Waals surface area contributed by atoms with Crippen molar-refractivity contribution in [1.29, 1.82) is 0 Å². The Morgan fingerprint density at radius 3 is 2.00 bits per heavy atom. The van der Waals surface area contributed by atoms with Gasteiger partial charge in [-0.25, -0.2) is 0 Å². The minimum absolute atomic E-state index is 0.0823. The highest BCUT2D eigenvalue weighted by molar-refractivity contribution is 6.04. The summed E-state index contributed by atoms with van der Waals surface area (Å²) in [5.74, 6) is 1.45. The zero-order valence-corrected chi connectivity index (χ0v) is 20.3. The molecule has 4 aromatic carbocycles. The van der Waals surface area contributed by atoms with Crippen LogP contribution in [0.3, 0.4) is 0 Å². The first kappa shape index (κ1) is 23.4. The van der Waals surface area contributed by atoms with E-state index in [1.807, 2.05) is 89.8 Å². The number of benzene rings is 4. The number of ether oxygens (including phenoxy) is 2. The molecule has 0 aliphatic carbocycles. The van der Waals surface area contributed by atoms with Gasteiger partial charge in [0.25, 0.3) is 0 Å². The Balaban J connectivity index is 1.35. The van der Waals surface area contributed by atoms with Crippen molar-refractivity contribution in [2.75, 3.05) is 12.0 Å². The van der Waals surface area contributed by atoms with Crippen LogP contribution >= 0.6 is 0 Å². The molecule has 2 unspecified atom stereocenters. The van der Waals surface area contributed by atoms with Gasteiger partial charge < -0.3 is 14.4 Å². The first-order chi connectivity index (χ1) is 17.7. The van der Waals surface area contributed by atoms with Crippen molar-refractivity contribution in [2.24, 2.45) is 5.92 Å². The predicted molar refractivity (Wildman–Crippen MR) is 143 cm³/mol. The Kier molecular flexibility index (Phi) is 7.13. The number of carbonyl (C=O) groups is 1. The quantitative estimate of drug-likeness (QED) is 0.198. The van der Waals surface area contributed by atoms with Gasteiger partial charge in [0.05, 0.1) is 19.1 Å². The van der Waals surface area contributed by atoms with Gasteiger partial charge in [-0.3, -0.25) is 4.79 Å². The molecule has 0 saturated carbocycles. The third kappa shape index (κ3) is 5.18. The highest BCUT2D eigenvalue weighted by atomic mass is 16.5. The average molecular weight is 476 g/mol.